The number of hydrogen-bond acceptors (Lipinski definition) is 4. The third kappa shape index (κ3) is 4.45. The molecule has 0 spiro atoms. The maximum atomic E-state index is 12.7. The van der Waals surface area contributed by atoms with Crippen molar-refractivity contribution in [1.29, 1.82) is 0 Å². The zero-order valence-electron chi connectivity index (χ0n) is 13.6. The van der Waals surface area contributed by atoms with Crippen LogP contribution >= 0.6 is 0 Å². The number of nitrogens with one attached hydrogen (secondary N) is 1. The minimum absolute atomic E-state index is 0.174. The van der Waals surface area contributed by atoms with Crippen LogP contribution in [0.5, 0.6) is 5.75 Å². The summed E-state index contributed by atoms with van der Waals surface area (Å²) in [4.78, 5) is -0.174. The van der Waals surface area contributed by atoms with Crippen LogP contribution in [0.4, 0.5) is 13.2 Å². The van der Waals surface area contributed by atoms with Crippen molar-refractivity contribution in [3.63, 3.8) is 0 Å². The second-order valence-corrected chi connectivity index (χ2v) is 8.40. The Hall–Kier alpha value is -1.32. The molecule has 140 valence electrons. The van der Waals surface area contributed by atoms with E-state index in [1.807, 2.05) is 0 Å². The fraction of sp³-hybridized carbons (Fsp3) is 0.625. The third-order valence-corrected chi connectivity index (χ3v) is 6.74. The van der Waals surface area contributed by atoms with Crippen molar-refractivity contribution in [2.75, 3.05) is 19.6 Å². The van der Waals surface area contributed by atoms with Crippen LogP contribution < -0.4 is 10.1 Å². The predicted molar refractivity (Wildman–Crippen MR) is 85.6 cm³/mol. The van der Waals surface area contributed by atoms with Gasteiger partial charge in [-0.05, 0) is 50.3 Å². The molecule has 25 heavy (non-hydrogen) atoms. The molecule has 2 aliphatic rings. The number of rotatable bonds is 4. The average molecular weight is 378 g/mol. The molecule has 1 N–H and O–H groups in total. The van der Waals surface area contributed by atoms with E-state index in [1.54, 1.807) is 0 Å². The van der Waals surface area contributed by atoms with E-state index in [4.69, 9.17) is 0 Å². The molecule has 1 unspecified atom stereocenters. The molecule has 2 aliphatic heterocycles. The van der Waals surface area contributed by atoms with Gasteiger partial charge in [-0.25, -0.2) is 8.42 Å². The molecule has 2 fully saturated rings. The lowest BCUT2D eigenvalue weighted by atomic mass is 9.89. The van der Waals surface area contributed by atoms with Crippen LogP contribution in [0.2, 0.25) is 0 Å². The monoisotopic (exact) mass is 378 g/mol. The highest BCUT2D eigenvalue weighted by Crippen LogP contribution is 2.30. The molecule has 5 nitrogen and oxygen atoms in total. The van der Waals surface area contributed by atoms with Gasteiger partial charge >= 0.3 is 6.36 Å². The van der Waals surface area contributed by atoms with Crippen molar-refractivity contribution in [1.82, 2.24) is 9.62 Å². The Kier molecular flexibility index (Phi) is 5.26. The van der Waals surface area contributed by atoms with Gasteiger partial charge < -0.3 is 10.1 Å². The van der Waals surface area contributed by atoms with Gasteiger partial charge in [0.2, 0.25) is 10.0 Å². The number of hydrogen-bond donors (Lipinski definition) is 1. The highest BCUT2D eigenvalue weighted by molar-refractivity contribution is 7.89. The number of ether oxygens (including phenoxy) is 1. The molecule has 1 aromatic carbocycles. The molecule has 0 bridgehead atoms. The standard InChI is InChI=1S/C16H21F3N2O3S/c17-16(18,19)24-13-3-1-4-14(11-13)25(22,23)21-9-6-12(7-10-21)15-5-2-8-20-15/h1,3-4,11-12,15,20H,2,5-10H2. The van der Waals surface area contributed by atoms with E-state index in [0.717, 1.165) is 44.4 Å². The maximum Gasteiger partial charge on any atom is 0.573 e. The van der Waals surface area contributed by atoms with E-state index in [1.165, 1.54) is 16.4 Å². The summed E-state index contributed by atoms with van der Waals surface area (Å²) in [6, 6.07) is 5.01. The summed E-state index contributed by atoms with van der Waals surface area (Å²) in [5.74, 6) is -0.0764. The van der Waals surface area contributed by atoms with Gasteiger partial charge in [-0.1, -0.05) is 6.07 Å². The highest BCUT2D eigenvalue weighted by Gasteiger charge is 2.35. The Morgan fingerprint density at radius 3 is 2.48 bits per heavy atom. The lowest BCUT2D eigenvalue weighted by molar-refractivity contribution is -0.274. The molecule has 0 radical (unpaired) electrons. The molecule has 2 heterocycles. The predicted octanol–water partition coefficient (Wildman–Crippen LogP) is 2.74. The van der Waals surface area contributed by atoms with Gasteiger partial charge in [-0.2, -0.15) is 4.31 Å². The van der Waals surface area contributed by atoms with Crippen LogP contribution in [0.3, 0.4) is 0 Å². The summed E-state index contributed by atoms with van der Waals surface area (Å²) in [5.41, 5.74) is 0. The van der Waals surface area contributed by atoms with Crippen molar-refractivity contribution >= 4 is 10.0 Å². The summed E-state index contributed by atoms with van der Waals surface area (Å²) < 4.78 is 67.6. The Labute approximate surface area is 145 Å². The first-order chi connectivity index (χ1) is 11.8. The number of alkyl halides is 3. The molecule has 9 heteroatoms. The summed E-state index contributed by atoms with van der Waals surface area (Å²) in [6.45, 7) is 1.78. The SMILES string of the molecule is O=S(=O)(c1cccc(OC(F)(F)F)c1)N1CCC(C2CCCN2)CC1. The van der Waals surface area contributed by atoms with Crippen LogP contribution in [0.1, 0.15) is 25.7 Å². The summed E-state index contributed by atoms with van der Waals surface area (Å²) in [6.07, 6.45) is -1.07. The zero-order valence-corrected chi connectivity index (χ0v) is 14.4. The summed E-state index contributed by atoms with van der Waals surface area (Å²) in [7, 11) is -3.82. The van der Waals surface area contributed by atoms with Gasteiger partial charge in [-0.3, -0.25) is 0 Å². The van der Waals surface area contributed by atoms with Crippen molar-refractivity contribution in [3.05, 3.63) is 24.3 Å². The van der Waals surface area contributed by atoms with Crippen molar-refractivity contribution in [2.24, 2.45) is 5.92 Å². The largest absolute Gasteiger partial charge is 0.573 e. The lowest BCUT2D eigenvalue weighted by Gasteiger charge is -2.34. The number of sulfonamides is 1. The van der Waals surface area contributed by atoms with Crippen molar-refractivity contribution < 1.29 is 26.3 Å². The highest BCUT2D eigenvalue weighted by atomic mass is 32.2. The van der Waals surface area contributed by atoms with Gasteiger partial charge in [0.15, 0.2) is 0 Å². The van der Waals surface area contributed by atoms with E-state index in [0.29, 0.717) is 25.0 Å². The summed E-state index contributed by atoms with van der Waals surface area (Å²) in [5, 5.41) is 3.45. The molecule has 0 aliphatic carbocycles. The Morgan fingerprint density at radius 1 is 1.16 bits per heavy atom. The molecule has 3 rings (SSSR count). The van der Waals surface area contributed by atoms with Crippen LogP contribution in [0.15, 0.2) is 29.2 Å². The first-order valence-corrected chi connectivity index (χ1v) is 9.79. The molecule has 2 saturated heterocycles. The topological polar surface area (TPSA) is 58.6 Å². The number of halogens is 3. The minimum Gasteiger partial charge on any atom is -0.406 e. The second kappa shape index (κ2) is 7.13. The van der Waals surface area contributed by atoms with E-state index < -0.39 is 22.1 Å². The minimum atomic E-state index is -4.85. The summed E-state index contributed by atoms with van der Waals surface area (Å²) >= 11 is 0. The van der Waals surface area contributed by atoms with Crippen LogP contribution in [-0.2, 0) is 10.0 Å². The first kappa shape index (κ1) is 18.5. The normalized spacial score (nSPS) is 23.7. The van der Waals surface area contributed by atoms with Crippen molar-refractivity contribution in [3.8, 4) is 5.75 Å². The molecular weight excluding hydrogens is 357 g/mol. The fourth-order valence-corrected chi connectivity index (χ4v) is 5.12. The van der Waals surface area contributed by atoms with E-state index >= 15 is 0 Å². The van der Waals surface area contributed by atoms with Gasteiger partial charge in [0.05, 0.1) is 4.90 Å². The molecular formula is C16H21F3N2O3S. The van der Waals surface area contributed by atoms with Crippen LogP contribution in [0, 0.1) is 5.92 Å². The maximum absolute atomic E-state index is 12.7. The van der Waals surface area contributed by atoms with E-state index in [9.17, 15) is 21.6 Å². The van der Waals surface area contributed by atoms with Crippen LogP contribution in [-0.4, -0.2) is 44.8 Å². The first-order valence-electron chi connectivity index (χ1n) is 8.35. The number of piperidine rings is 1. The van der Waals surface area contributed by atoms with Gasteiger partial charge in [0.25, 0.3) is 0 Å². The average Bonchev–Trinajstić information content (AvgIpc) is 3.08. The quantitative estimate of drug-likeness (QED) is 0.875. The molecule has 0 aromatic heterocycles. The smallest absolute Gasteiger partial charge is 0.406 e. The molecule has 0 amide bonds. The van der Waals surface area contributed by atoms with Gasteiger partial charge in [0.1, 0.15) is 5.75 Å². The Balaban J connectivity index is 1.68. The van der Waals surface area contributed by atoms with Crippen LogP contribution in [0.25, 0.3) is 0 Å². The van der Waals surface area contributed by atoms with Gasteiger partial charge in [-0.15, -0.1) is 13.2 Å². The second-order valence-electron chi connectivity index (χ2n) is 6.47. The molecule has 1 atom stereocenters. The Morgan fingerprint density at radius 2 is 1.88 bits per heavy atom. The van der Waals surface area contributed by atoms with Crippen molar-refractivity contribution in [2.45, 2.75) is 43.0 Å². The Bertz CT molecular complexity index is 695. The van der Waals surface area contributed by atoms with E-state index in [2.05, 4.69) is 10.1 Å². The third-order valence-electron chi connectivity index (χ3n) is 4.84. The lowest BCUT2D eigenvalue weighted by Crippen LogP contribution is -2.43. The van der Waals surface area contributed by atoms with Gasteiger partial charge in [0, 0.05) is 25.2 Å². The zero-order chi connectivity index (χ0) is 18.1. The fourth-order valence-electron chi connectivity index (χ4n) is 3.61. The van der Waals surface area contributed by atoms with E-state index in [-0.39, 0.29) is 4.90 Å². The molecule has 0 saturated carbocycles. The number of benzene rings is 1. The molecule has 1 aromatic rings. The number of nitrogens with zero attached hydrogens (tertiary/aromatic N) is 1.